The predicted octanol–water partition coefficient (Wildman–Crippen LogP) is 4.21. The maximum atomic E-state index is 13.2. The molecule has 0 radical (unpaired) electrons. The smallest absolute Gasteiger partial charge is 0.317 e. The van der Waals surface area contributed by atoms with Gasteiger partial charge in [0, 0.05) is 62.1 Å². The van der Waals surface area contributed by atoms with E-state index in [0.717, 1.165) is 31.2 Å². The molecule has 0 bridgehead atoms. The van der Waals surface area contributed by atoms with Crippen LogP contribution in [0.4, 0.5) is 10.6 Å². The van der Waals surface area contributed by atoms with Crippen LogP contribution in [0.3, 0.4) is 0 Å². The largest absolute Gasteiger partial charge is 0.352 e. The molecule has 2 aliphatic rings. The number of anilines is 1. The van der Waals surface area contributed by atoms with Gasteiger partial charge in [-0.05, 0) is 30.5 Å². The van der Waals surface area contributed by atoms with Crippen LogP contribution in [0.1, 0.15) is 44.1 Å². The summed E-state index contributed by atoms with van der Waals surface area (Å²) >= 11 is 12.4. The van der Waals surface area contributed by atoms with Crippen molar-refractivity contribution in [2.75, 3.05) is 24.5 Å². The molecule has 2 aromatic heterocycles. The Morgan fingerprint density at radius 1 is 1.03 bits per heavy atom. The molecule has 1 atom stereocenters. The number of imidazole rings is 1. The number of halogens is 2. The summed E-state index contributed by atoms with van der Waals surface area (Å²) in [5.41, 5.74) is 0.953. The first kappa shape index (κ1) is 27.2. The van der Waals surface area contributed by atoms with E-state index in [1.165, 1.54) is 6.42 Å². The van der Waals surface area contributed by atoms with Crippen LogP contribution in [0.5, 0.6) is 0 Å². The fourth-order valence-electron chi connectivity index (χ4n) is 5.15. The molecular weight excluding hydrogens is 539 g/mol. The van der Waals surface area contributed by atoms with Crippen LogP contribution in [0.25, 0.3) is 5.95 Å². The highest BCUT2D eigenvalue weighted by Crippen LogP contribution is 2.25. The number of aromatic nitrogens is 4. The molecule has 1 aromatic carbocycles. The maximum Gasteiger partial charge on any atom is 0.317 e. The third kappa shape index (κ3) is 7.19. The quantitative estimate of drug-likeness (QED) is 0.412. The van der Waals surface area contributed by atoms with E-state index in [1.807, 2.05) is 21.9 Å². The van der Waals surface area contributed by atoms with E-state index >= 15 is 0 Å². The second kappa shape index (κ2) is 12.7. The van der Waals surface area contributed by atoms with Gasteiger partial charge in [0.1, 0.15) is 17.3 Å². The van der Waals surface area contributed by atoms with Crippen LogP contribution in [-0.2, 0) is 11.3 Å². The monoisotopic (exact) mass is 570 g/mol. The Hall–Kier alpha value is -3.37. The molecule has 3 aromatic rings. The van der Waals surface area contributed by atoms with Gasteiger partial charge in [-0.3, -0.25) is 9.36 Å². The zero-order chi connectivity index (χ0) is 27.2. The minimum absolute atomic E-state index is 0.0760. The van der Waals surface area contributed by atoms with Crippen LogP contribution < -0.4 is 15.5 Å². The molecule has 206 valence electrons. The summed E-state index contributed by atoms with van der Waals surface area (Å²) in [7, 11) is 0. The predicted molar refractivity (Wildman–Crippen MR) is 150 cm³/mol. The second-order valence-corrected chi connectivity index (χ2v) is 10.8. The van der Waals surface area contributed by atoms with Gasteiger partial charge >= 0.3 is 6.03 Å². The highest BCUT2D eigenvalue weighted by atomic mass is 35.5. The van der Waals surface area contributed by atoms with E-state index in [1.54, 1.807) is 41.5 Å². The molecule has 3 amide bonds. The molecular formula is C27H32Cl2N8O2. The Labute approximate surface area is 237 Å². The molecule has 5 rings (SSSR count). The maximum absolute atomic E-state index is 13.2. The number of rotatable bonds is 7. The molecule has 0 spiro atoms. The van der Waals surface area contributed by atoms with Crippen molar-refractivity contribution in [2.45, 2.75) is 57.2 Å². The minimum Gasteiger partial charge on any atom is -0.352 e. The Morgan fingerprint density at radius 3 is 2.56 bits per heavy atom. The average molecular weight is 572 g/mol. The van der Waals surface area contributed by atoms with E-state index in [2.05, 4.69) is 20.6 Å². The molecule has 1 aliphatic heterocycles. The van der Waals surface area contributed by atoms with Crippen molar-refractivity contribution < 1.29 is 9.59 Å². The zero-order valence-corrected chi connectivity index (χ0v) is 23.1. The average Bonchev–Trinajstić information content (AvgIpc) is 3.48. The van der Waals surface area contributed by atoms with Gasteiger partial charge < -0.3 is 20.4 Å². The summed E-state index contributed by atoms with van der Waals surface area (Å²) < 4.78 is 1.68. The van der Waals surface area contributed by atoms with Crippen LogP contribution in [-0.4, -0.2) is 68.1 Å². The number of urea groups is 1. The van der Waals surface area contributed by atoms with Crippen molar-refractivity contribution in [3.63, 3.8) is 0 Å². The zero-order valence-electron chi connectivity index (χ0n) is 21.6. The van der Waals surface area contributed by atoms with Gasteiger partial charge in [0.05, 0.1) is 6.04 Å². The van der Waals surface area contributed by atoms with Crippen molar-refractivity contribution in [3.05, 3.63) is 64.8 Å². The SMILES string of the molecule is O=C(CC1CN(C(=O)NC2CCCCC2)CCN1c1cc(Cl)nc(-n2ccnc2)n1)NCc1ccc(Cl)cc1. The number of hydrogen-bond donors (Lipinski definition) is 2. The normalized spacial score (nSPS) is 18.2. The number of nitrogens with zero attached hydrogens (tertiary/aromatic N) is 6. The lowest BCUT2D eigenvalue weighted by Crippen LogP contribution is -2.59. The van der Waals surface area contributed by atoms with Gasteiger partial charge in [-0.1, -0.05) is 54.6 Å². The van der Waals surface area contributed by atoms with Crippen molar-refractivity contribution >= 4 is 41.0 Å². The Balaban J connectivity index is 1.32. The minimum atomic E-state index is -0.303. The fraction of sp³-hybridized carbons (Fsp3) is 0.444. The number of benzene rings is 1. The standard InChI is InChI=1S/C27H32Cl2N8O2/c28-20-8-6-19(7-9-20)16-31-25(38)14-22-17-35(27(39)32-21-4-2-1-3-5-21)12-13-37(22)24-15-23(29)33-26(34-24)36-11-10-30-18-36/h6-11,15,18,21-22H,1-5,12-14,16-17H2,(H,31,38)(H,32,39). The van der Waals surface area contributed by atoms with E-state index in [0.29, 0.717) is 43.0 Å². The molecule has 10 nitrogen and oxygen atoms in total. The lowest BCUT2D eigenvalue weighted by Gasteiger charge is -2.42. The number of nitrogens with one attached hydrogen (secondary N) is 2. The lowest BCUT2D eigenvalue weighted by atomic mass is 9.96. The Bertz CT molecular complexity index is 1270. The molecule has 3 heterocycles. The molecule has 1 aliphatic carbocycles. The van der Waals surface area contributed by atoms with E-state index in [4.69, 9.17) is 28.2 Å². The first-order valence-corrected chi connectivity index (χ1v) is 14.1. The van der Waals surface area contributed by atoms with Crippen molar-refractivity contribution in [1.29, 1.82) is 0 Å². The van der Waals surface area contributed by atoms with Crippen molar-refractivity contribution in [2.24, 2.45) is 0 Å². The van der Waals surface area contributed by atoms with Gasteiger partial charge in [-0.2, -0.15) is 4.98 Å². The van der Waals surface area contributed by atoms with Crippen LogP contribution in [0, 0.1) is 0 Å². The molecule has 39 heavy (non-hydrogen) atoms. The van der Waals surface area contributed by atoms with Gasteiger partial charge in [0.2, 0.25) is 11.9 Å². The molecule has 2 N–H and O–H groups in total. The second-order valence-electron chi connectivity index (χ2n) is 10.0. The summed E-state index contributed by atoms with van der Waals surface area (Å²) in [6.45, 7) is 1.78. The van der Waals surface area contributed by atoms with Crippen LogP contribution >= 0.6 is 23.2 Å². The van der Waals surface area contributed by atoms with E-state index in [-0.39, 0.29) is 35.6 Å². The van der Waals surface area contributed by atoms with E-state index in [9.17, 15) is 9.59 Å². The van der Waals surface area contributed by atoms with E-state index < -0.39 is 0 Å². The Kier molecular flexibility index (Phi) is 8.83. The molecule has 2 fully saturated rings. The summed E-state index contributed by atoms with van der Waals surface area (Å²) in [6, 6.07) is 8.88. The van der Waals surface area contributed by atoms with Crippen molar-refractivity contribution in [3.8, 4) is 5.95 Å². The van der Waals surface area contributed by atoms with Gasteiger partial charge in [0.25, 0.3) is 0 Å². The number of piperazine rings is 1. The highest BCUT2D eigenvalue weighted by Gasteiger charge is 2.33. The van der Waals surface area contributed by atoms with Gasteiger partial charge in [-0.25, -0.2) is 14.8 Å². The number of carbonyl (C=O) groups is 2. The first-order chi connectivity index (χ1) is 18.9. The van der Waals surface area contributed by atoms with Crippen LogP contribution in [0.15, 0.2) is 49.1 Å². The third-order valence-corrected chi connectivity index (χ3v) is 7.67. The number of amides is 3. The molecule has 1 saturated carbocycles. The first-order valence-electron chi connectivity index (χ1n) is 13.3. The number of carbonyl (C=O) groups excluding carboxylic acids is 2. The molecule has 1 saturated heterocycles. The summed E-state index contributed by atoms with van der Waals surface area (Å²) in [5, 5.41) is 7.13. The number of hydrogen-bond acceptors (Lipinski definition) is 6. The molecule has 12 heteroatoms. The topological polar surface area (TPSA) is 108 Å². The summed E-state index contributed by atoms with van der Waals surface area (Å²) in [5.74, 6) is 0.865. The molecule has 1 unspecified atom stereocenters. The Morgan fingerprint density at radius 2 is 1.82 bits per heavy atom. The summed E-state index contributed by atoms with van der Waals surface area (Å²) in [6.07, 6.45) is 10.7. The summed E-state index contributed by atoms with van der Waals surface area (Å²) in [4.78, 5) is 43.2. The lowest BCUT2D eigenvalue weighted by molar-refractivity contribution is -0.121. The van der Waals surface area contributed by atoms with Gasteiger partial charge in [-0.15, -0.1) is 0 Å². The fourth-order valence-corrected chi connectivity index (χ4v) is 5.45. The van der Waals surface area contributed by atoms with Crippen molar-refractivity contribution in [1.82, 2.24) is 35.1 Å². The van der Waals surface area contributed by atoms with Crippen LogP contribution in [0.2, 0.25) is 10.2 Å². The van der Waals surface area contributed by atoms with Gasteiger partial charge in [0.15, 0.2) is 0 Å². The third-order valence-electron chi connectivity index (χ3n) is 7.23. The highest BCUT2D eigenvalue weighted by molar-refractivity contribution is 6.30.